The standard InChI is InChI=1S/C24H25N3O3S/c1-17-5-4-8-21(15-17)26(23(28)14-9-18-6-2-3-7-18)24-25-22(16-31-24)19-10-12-20(13-11-19)27(29)30/h4-5,8,10-13,15-16,18H,2-3,6-7,9,14H2,1H3. The smallest absolute Gasteiger partial charge is 0.269 e. The summed E-state index contributed by atoms with van der Waals surface area (Å²) in [6, 6.07) is 14.2. The summed E-state index contributed by atoms with van der Waals surface area (Å²) in [7, 11) is 0. The number of amides is 1. The van der Waals surface area contributed by atoms with Crippen molar-refractivity contribution in [3.05, 3.63) is 69.6 Å². The second-order valence-electron chi connectivity index (χ2n) is 8.08. The highest BCUT2D eigenvalue weighted by atomic mass is 32.1. The van der Waals surface area contributed by atoms with Crippen LogP contribution in [0.4, 0.5) is 16.5 Å². The molecule has 160 valence electrons. The van der Waals surface area contributed by atoms with Gasteiger partial charge in [-0.2, -0.15) is 0 Å². The van der Waals surface area contributed by atoms with Crippen LogP contribution in [-0.2, 0) is 4.79 Å². The van der Waals surface area contributed by atoms with Gasteiger partial charge in [-0.15, -0.1) is 11.3 Å². The number of thiazole rings is 1. The van der Waals surface area contributed by atoms with Crippen molar-refractivity contribution in [3.63, 3.8) is 0 Å². The van der Waals surface area contributed by atoms with E-state index in [0.29, 0.717) is 23.2 Å². The zero-order valence-corrected chi connectivity index (χ0v) is 18.3. The third-order valence-corrected chi connectivity index (χ3v) is 6.63. The van der Waals surface area contributed by atoms with Crippen LogP contribution in [0.25, 0.3) is 11.3 Å². The highest BCUT2D eigenvalue weighted by molar-refractivity contribution is 7.14. The van der Waals surface area contributed by atoms with Crippen LogP contribution in [0.2, 0.25) is 0 Å². The van der Waals surface area contributed by atoms with Gasteiger partial charge in [-0.1, -0.05) is 37.8 Å². The molecule has 3 aromatic rings. The Morgan fingerprint density at radius 2 is 1.94 bits per heavy atom. The Hall–Kier alpha value is -3.06. The Morgan fingerprint density at radius 1 is 1.19 bits per heavy atom. The number of nitrogens with zero attached hydrogens (tertiary/aromatic N) is 3. The van der Waals surface area contributed by atoms with Crippen molar-refractivity contribution in [2.75, 3.05) is 4.90 Å². The van der Waals surface area contributed by atoms with E-state index in [-0.39, 0.29) is 11.6 Å². The number of nitro benzene ring substituents is 1. The Kier molecular flexibility index (Phi) is 6.42. The summed E-state index contributed by atoms with van der Waals surface area (Å²) in [6.45, 7) is 2.01. The number of rotatable bonds is 7. The van der Waals surface area contributed by atoms with Crippen molar-refractivity contribution in [1.82, 2.24) is 4.98 Å². The molecule has 1 aliphatic carbocycles. The normalized spacial score (nSPS) is 14.0. The van der Waals surface area contributed by atoms with Gasteiger partial charge >= 0.3 is 0 Å². The predicted molar refractivity (Wildman–Crippen MR) is 124 cm³/mol. The van der Waals surface area contributed by atoms with Gasteiger partial charge in [0, 0.05) is 29.5 Å². The van der Waals surface area contributed by atoms with Gasteiger partial charge in [0.2, 0.25) is 5.91 Å². The molecule has 1 aromatic heterocycles. The van der Waals surface area contributed by atoms with E-state index in [0.717, 1.165) is 23.2 Å². The molecule has 0 bridgehead atoms. The number of non-ortho nitro benzene ring substituents is 1. The molecule has 1 fully saturated rings. The Bertz CT molecular complexity index is 1070. The summed E-state index contributed by atoms with van der Waals surface area (Å²) >= 11 is 1.41. The highest BCUT2D eigenvalue weighted by Crippen LogP contribution is 2.35. The number of hydrogen-bond donors (Lipinski definition) is 0. The number of nitro groups is 1. The lowest BCUT2D eigenvalue weighted by Crippen LogP contribution is -2.26. The second-order valence-corrected chi connectivity index (χ2v) is 8.91. The van der Waals surface area contributed by atoms with Crippen LogP contribution in [0.5, 0.6) is 0 Å². The predicted octanol–water partition coefficient (Wildman–Crippen LogP) is 6.66. The van der Waals surface area contributed by atoms with E-state index in [1.807, 2.05) is 36.6 Å². The van der Waals surface area contributed by atoms with Gasteiger partial charge in [-0.3, -0.25) is 19.8 Å². The molecule has 2 aromatic carbocycles. The average molecular weight is 436 g/mol. The molecule has 0 atom stereocenters. The van der Waals surface area contributed by atoms with Crippen LogP contribution < -0.4 is 4.90 Å². The summed E-state index contributed by atoms with van der Waals surface area (Å²) in [5.41, 5.74) is 3.44. The maximum Gasteiger partial charge on any atom is 0.269 e. The molecule has 31 heavy (non-hydrogen) atoms. The minimum atomic E-state index is -0.418. The first-order valence-corrected chi connectivity index (χ1v) is 11.5. The number of hydrogen-bond acceptors (Lipinski definition) is 5. The van der Waals surface area contributed by atoms with E-state index in [2.05, 4.69) is 0 Å². The molecule has 0 radical (unpaired) electrons. The van der Waals surface area contributed by atoms with Crippen LogP contribution in [0.1, 0.15) is 44.1 Å². The minimum Gasteiger partial charge on any atom is -0.274 e. The fourth-order valence-electron chi connectivity index (χ4n) is 4.12. The molecule has 1 heterocycles. The number of carbonyl (C=O) groups excluding carboxylic acids is 1. The lowest BCUT2D eigenvalue weighted by molar-refractivity contribution is -0.384. The van der Waals surface area contributed by atoms with Gasteiger partial charge in [0.05, 0.1) is 16.3 Å². The topological polar surface area (TPSA) is 76.3 Å². The zero-order valence-electron chi connectivity index (χ0n) is 17.5. The summed E-state index contributed by atoms with van der Waals surface area (Å²) in [5, 5.41) is 13.4. The molecule has 1 aliphatic rings. The summed E-state index contributed by atoms with van der Waals surface area (Å²) < 4.78 is 0. The van der Waals surface area contributed by atoms with Gasteiger partial charge < -0.3 is 0 Å². The van der Waals surface area contributed by atoms with E-state index in [1.165, 1.54) is 49.2 Å². The first kappa shape index (κ1) is 21.2. The molecule has 0 unspecified atom stereocenters. The van der Waals surface area contributed by atoms with Crippen LogP contribution in [0.3, 0.4) is 0 Å². The Labute approximate surface area is 185 Å². The molecule has 0 aliphatic heterocycles. The largest absolute Gasteiger partial charge is 0.274 e. The van der Waals surface area contributed by atoms with Gasteiger partial charge in [-0.25, -0.2) is 4.98 Å². The summed E-state index contributed by atoms with van der Waals surface area (Å²) in [6.07, 6.45) is 6.41. The minimum absolute atomic E-state index is 0.0441. The molecule has 1 amide bonds. The molecule has 0 spiro atoms. The van der Waals surface area contributed by atoms with Crippen molar-refractivity contribution in [2.45, 2.75) is 45.4 Å². The number of benzene rings is 2. The fourth-order valence-corrected chi connectivity index (χ4v) is 4.99. The van der Waals surface area contributed by atoms with E-state index >= 15 is 0 Å². The highest BCUT2D eigenvalue weighted by Gasteiger charge is 2.24. The van der Waals surface area contributed by atoms with E-state index in [9.17, 15) is 14.9 Å². The number of anilines is 2. The van der Waals surface area contributed by atoms with Gasteiger partial charge in [-0.05, 0) is 49.1 Å². The van der Waals surface area contributed by atoms with Gasteiger partial charge in [0.1, 0.15) is 0 Å². The van der Waals surface area contributed by atoms with Crippen molar-refractivity contribution in [1.29, 1.82) is 0 Å². The van der Waals surface area contributed by atoms with Crippen molar-refractivity contribution < 1.29 is 9.72 Å². The lowest BCUT2D eigenvalue weighted by atomic mass is 10.0. The monoisotopic (exact) mass is 435 g/mol. The molecular weight excluding hydrogens is 410 g/mol. The van der Waals surface area contributed by atoms with Crippen molar-refractivity contribution in [2.24, 2.45) is 5.92 Å². The van der Waals surface area contributed by atoms with Crippen LogP contribution >= 0.6 is 11.3 Å². The Balaban J connectivity index is 1.60. The molecule has 7 heteroatoms. The maximum atomic E-state index is 13.3. The van der Waals surface area contributed by atoms with Crippen LogP contribution in [0.15, 0.2) is 53.9 Å². The van der Waals surface area contributed by atoms with Crippen LogP contribution in [0, 0.1) is 23.0 Å². The number of aryl methyl sites for hydroxylation is 1. The average Bonchev–Trinajstić information content (AvgIpc) is 3.45. The summed E-state index contributed by atoms with van der Waals surface area (Å²) in [4.78, 5) is 30.2. The molecule has 1 saturated carbocycles. The van der Waals surface area contributed by atoms with Crippen molar-refractivity contribution in [3.8, 4) is 11.3 Å². The molecule has 6 nitrogen and oxygen atoms in total. The quantitative estimate of drug-likeness (QED) is 0.307. The third-order valence-electron chi connectivity index (χ3n) is 5.81. The zero-order chi connectivity index (χ0) is 21.8. The Morgan fingerprint density at radius 3 is 2.61 bits per heavy atom. The van der Waals surface area contributed by atoms with E-state index in [1.54, 1.807) is 17.0 Å². The summed E-state index contributed by atoms with van der Waals surface area (Å²) in [5.74, 6) is 0.706. The first-order valence-electron chi connectivity index (χ1n) is 10.6. The SMILES string of the molecule is Cc1cccc(N(C(=O)CCC2CCCC2)c2nc(-c3ccc([N+](=O)[O-])cc3)cs2)c1. The molecule has 0 N–H and O–H groups in total. The van der Waals surface area contributed by atoms with E-state index < -0.39 is 4.92 Å². The number of carbonyl (C=O) groups is 1. The first-order chi connectivity index (χ1) is 15.0. The van der Waals surface area contributed by atoms with E-state index in [4.69, 9.17) is 4.98 Å². The van der Waals surface area contributed by atoms with Crippen LogP contribution in [-0.4, -0.2) is 15.8 Å². The number of aromatic nitrogens is 1. The van der Waals surface area contributed by atoms with Gasteiger partial charge in [0.15, 0.2) is 5.13 Å². The van der Waals surface area contributed by atoms with Crippen molar-refractivity contribution >= 4 is 33.8 Å². The fraction of sp³-hybridized carbons (Fsp3) is 0.333. The molecular formula is C24H25N3O3S. The maximum absolute atomic E-state index is 13.3. The third kappa shape index (κ3) is 4.99. The molecule has 4 rings (SSSR count). The molecule has 0 saturated heterocycles. The van der Waals surface area contributed by atoms with Gasteiger partial charge in [0.25, 0.3) is 5.69 Å². The second kappa shape index (κ2) is 9.39. The lowest BCUT2D eigenvalue weighted by Gasteiger charge is -2.21.